The average molecular weight is 290 g/mol. The Morgan fingerprint density at radius 2 is 1.95 bits per heavy atom. The maximum atomic E-state index is 12.8. The van der Waals surface area contributed by atoms with Gasteiger partial charge in [0.2, 0.25) is 5.91 Å². The molecule has 0 spiro atoms. The predicted octanol–water partition coefficient (Wildman–Crippen LogP) is 2.20. The molecule has 2 aromatic rings. The second kappa shape index (κ2) is 6.21. The number of halogens is 1. The van der Waals surface area contributed by atoms with E-state index in [0.717, 1.165) is 5.56 Å². The first kappa shape index (κ1) is 14.8. The molecule has 2 N–H and O–H groups in total. The highest BCUT2D eigenvalue weighted by Crippen LogP contribution is 2.13. The van der Waals surface area contributed by atoms with Crippen molar-refractivity contribution >= 4 is 11.9 Å². The van der Waals surface area contributed by atoms with Crippen LogP contribution >= 0.6 is 0 Å². The molecule has 110 valence electrons. The Hall–Kier alpha value is -2.63. The Kier molecular flexibility index (Phi) is 4.37. The van der Waals surface area contributed by atoms with Crippen LogP contribution in [0.3, 0.4) is 0 Å². The van der Waals surface area contributed by atoms with Crippen molar-refractivity contribution in [1.29, 1.82) is 0 Å². The van der Waals surface area contributed by atoms with Gasteiger partial charge in [0.1, 0.15) is 18.1 Å². The van der Waals surface area contributed by atoms with Crippen LogP contribution in [0.1, 0.15) is 29.0 Å². The number of carboxylic acids is 1. The lowest BCUT2D eigenvalue weighted by Gasteiger charge is -2.15. The molecule has 0 fully saturated rings. The van der Waals surface area contributed by atoms with Crippen LogP contribution < -0.4 is 5.32 Å². The maximum Gasteiger partial charge on any atom is 0.352 e. The Morgan fingerprint density at radius 3 is 2.57 bits per heavy atom. The van der Waals surface area contributed by atoms with Crippen LogP contribution in [-0.2, 0) is 11.3 Å². The van der Waals surface area contributed by atoms with Crippen molar-refractivity contribution in [1.82, 2.24) is 9.88 Å². The minimum atomic E-state index is -1.08. The summed E-state index contributed by atoms with van der Waals surface area (Å²) in [5.74, 6) is -1.74. The van der Waals surface area contributed by atoms with E-state index < -0.39 is 5.97 Å². The molecule has 0 saturated carbocycles. The first-order valence-corrected chi connectivity index (χ1v) is 6.40. The summed E-state index contributed by atoms with van der Waals surface area (Å²) in [6.07, 6.45) is 1.53. The van der Waals surface area contributed by atoms with Gasteiger partial charge in [0, 0.05) is 6.20 Å². The van der Waals surface area contributed by atoms with Gasteiger partial charge in [0.25, 0.3) is 0 Å². The normalized spacial score (nSPS) is 11.9. The van der Waals surface area contributed by atoms with Gasteiger partial charge in [-0.15, -0.1) is 0 Å². The molecule has 1 atom stereocenters. The number of hydrogen-bond acceptors (Lipinski definition) is 2. The van der Waals surface area contributed by atoms with Crippen molar-refractivity contribution in [2.24, 2.45) is 0 Å². The molecular weight excluding hydrogens is 275 g/mol. The van der Waals surface area contributed by atoms with Gasteiger partial charge in [-0.1, -0.05) is 12.1 Å². The largest absolute Gasteiger partial charge is 0.477 e. The summed E-state index contributed by atoms with van der Waals surface area (Å²) >= 11 is 0. The second-order valence-corrected chi connectivity index (χ2v) is 4.67. The van der Waals surface area contributed by atoms with Gasteiger partial charge in [-0.25, -0.2) is 9.18 Å². The van der Waals surface area contributed by atoms with E-state index in [9.17, 15) is 14.0 Å². The fourth-order valence-electron chi connectivity index (χ4n) is 2.02. The highest BCUT2D eigenvalue weighted by molar-refractivity contribution is 5.86. The third-order valence-corrected chi connectivity index (χ3v) is 3.11. The molecule has 0 radical (unpaired) electrons. The van der Waals surface area contributed by atoms with Gasteiger partial charge in [-0.3, -0.25) is 4.79 Å². The summed E-state index contributed by atoms with van der Waals surface area (Å²) in [6, 6.07) is 8.55. The van der Waals surface area contributed by atoms with Crippen LogP contribution in [0.5, 0.6) is 0 Å². The molecule has 6 heteroatoms. The molecular formula is C15H15FN2O3. The monoisotopic (exact) mass is 290 g/mol. The van der Waals surface area contributed by atoms with Crippen LogP contribution in [0.15, 0.2) is 42.6 Å². The lowest BCUT2D eigenvalue weighted by molar-refractivity contribution is -0.122. The van der Waals surface area contributed by atoms with Crippen molar-refractivity contribution in [3.63, 3.8) is 0 Å². The van der Waals surface area contributed by atoms with E-state index in [1.54, 1.807) is 25.1 Å². The number of hydrogen-bond donors (Lipinski definition) is 2. The van der Waals surface area contributed by atoms with E-state index in [0.29, 0.717) is 0 Å². The lowest BCUT2D eigenvalue weighted by atomic mass is 10.1. The van der Waals surface area contributed by atoms with Gasteiger partial charge in [0.15, 0.2) is 0 Å². The SMILES string of the molecule is CC(NC(=O)Cn1cccc1C(=O)O)c1ccc(F)cc1. The molecule has 0 aliphatic carbocycles. The molecule has 1 aromatic heterocycles. The smallest absolute Gasteiger partial charge is 0.352 e. The molecule has 0 aliphatic heterocycles. The zero-order valence-corrected chi connectivity index (χ0v) is 11.4. The summed E-state index contributed by atoms with van der Waals surface area (Å²) in [6.45, 7) is 1.69. The fraction of sp³-hybridized carbons (Fsp3) is 0.200. The number of benzene rings is 1. The van der Waals surface area contributed by atoms with Crippen molar-refractivity contribution in [2.75, 3.05) is 0 Å². The Labute approximate surface area is 121 Å². The highest BCUT2D eigenvalue weighted by atomic mass is 19.1. The molecule has 2 rings (SSSR count). The zero-order valence-electron chi connectivity index (χ0n) is 11.4. The summed E-state index contributed by atoms with van der Waals surface area (Å²) in [5.41, 5.74) is 0.829. The van der Waals surface area contributed by atoms with Crippen LogP contribution in [0.2, 0.25) is 0 Å². The molecule has 21 heavy (non-hydrogen) atoms. The number of aromatic carboxylic acids is 1. The van der Waals surface area contributed by atoms with Crippen LogP contribution in [-0.4, -0.2) is 21.6 Å². The summed E-state index contributed by atoms with van der Waals surface area (Å²) < 4.78 is 14.2. The molecule has 1 unspecified atom stereocenters. The number of carbonyl (C=O) groups excluding carboxylic acids is 1. The van der Waals surface area contributed by atoms with Gasteiger partial charge in [-0.05, 0) is 36.8 Å². The van der Waals surface area contributed by atoms with Gasteiger partial charge < -0.3 is 15.0 Å². The third-order valence-electron chi connectivity index (χ3n) is 3.11. The summed E-state index contributed by atoms with van der Waals surface area (Å²) in [4.78, 5) is 22.9. The van der Waals surface area contributed by atoms with Crippen molar-refractivity contribution in [3.05, 3.63) is 59.7 Å². The molecule has 5 nitrogen and oxygen atoms in total. The Bertz CT molecular complexity index is 649. The first-order chi connectivity index (χ1) is 9.97. The molecule has 0 bridgehead atoms. The zero-order chi connectivity index (χ0) is 15.4. The number of aromatic nitrogens is 1. The summed E-state index contributed by atoms with van der Waals surface area (Å²) in [5, 5.41) is 11.7. The number of amides is 1. The Morgan fingerprint density at radius 1 is 1.29 bits per heavy atom. The average Bonchev–Trinajstić information content (AvgIpc) is 2.87. The lowest BCUT2D eigenvalue weighted by Crippen LogP contribution is -2.30. The molecule has 1 aromatic carbocycles. The molecule has 0 aliphatic rings. The quantitative estimate of drug-likeness (QED) is 0.886. The van der Waals surface area contributed by atoms with E-state index in [-0.39, 0.29) is 30.0 Å². The number of rotatable bonds is 5. The van der Waals surface area contributed by atoms with E-state index in [2.05, 4.69) is 5.32 Å². The van der Waals surface area contributed by atoms with Gasteiger partial charge in [-0.2, -0.15) is 0 Å². The van der Waals surface area contributed by atoms with Crippen molar-refractivity contribution < 1.29 is 19.1 Å². The topological polar surface area (TPSA) is 71.3 Å². The number of nitrogens with one attached hydrogen (secondary N) is 1. The minimum Gasteiger partial charge on any atom is -0.477 e. The maximum absolute atomic E-state index is 12.8. The van der Waals surface area contributed by atoms with E-state index >= 15 is 0 Å². The van der Waals surface area contributed by atoms with E-state index in [4.69, 9.17) is 5.11 Å². The van der Waals surface area contributed by atoms with Crippen LogP contribution in [0, 0.1) is 5.82 Å². The van der Waals surface area contributed by atoms with Crippen molar-refractivity contribution in [2.45, 2.75) is 19.5 Å². The molecule has 0 saturated heterocycles. The number of carbonyl (C=O) groups is 2. The third kappa shape index (κ3) is 3.68. The van der Waals surface area contributed by atoms with Gasteiger partial charge >= 0.3 is 5.97 Å². The van der Waals surface area contributed by atoms with Gasteiger partial charge in [0.05, 0.1) is 6.04 Å². The van der Waals surface area contributed by atoms with Crippen molar-refractivity contribution in [3.8, 4) is 0 Å². The predicted molar refractivity (Wildman–Crippen MR) is 74.3 cm³/mol. The Balaban J connectivity index is 1.99. The van der Waals surface area contributed by atoms with E-state index in [1.165, 1.54) is 29.0 Å². The fourth-order valence-corrected chi connectivity index (χ4v) is 2.02. The summed E-state index contributed by atoms with van der Waals surface area (Å²) in [7, 11) is 0. The number of nitrogens with zero attached hydrogens (tertiary/aromatic N) is 1. The number of carboxylic acid groups (broad SMARTS) is 1. The van der Waals surface area contributed by atoms with E-state index in [1.807, 2.05) is 0 Å². The molecule has 1 heterocycles. The highest BCUT2D eigenvalue weighted by Gasteiger charge is 2.14. The second-order valence-electron chi connectivity index (χ2n) is 4.67. The molecule has 1 amide bonds. The minimum absolute atomic E-state index is 0.0552. The van der Waals surface area contributed by atoms with Crippen LogP contribution in [0.25, 0.3) is 0 Å². The first-order valence-electron chi connectivity index (χ1n) is 6.40. The standard InChI is InChI=1S/C15H15FN2O3/c1-10(11-4-6-12(16)7-5-11)17-14(19)9-18-8-2-3-13(18)15(20)21/h2-8,10H,9H2,1H3,(H,17,19)(H,20,21). The van der Waals surface area contributed by atoms with Crippen LogP contribution in [0.4, 0.5) is 4.39 Å².